The van der Waals surface area contributed by atoms with Crippen molar-refractivity contribution in [1.82, 2.24) is 9.78 Å². The second-order valence-corrected chi connectivity index (χ2v) is 4.55. The maximum absolute atomic E-state index is 11.2. The number of benzene rings is 1. The molecule has 5 nitrogen and oxygen atoms in total. The first-order chi connectivity index (χ1) is 8.99. The Morgan fingerprint density at radius 3 is 2.63 bits per heavy atom. The zero-order chi connectivity index (χ0) is 14.0. The Labute approximate surface area is 115 Å². The predicted octanol–water partition coefficient (Wildman–Crippen LogP) is 2.66. The number of carboxylic acids is 1. The lowest BCUT2D eigenvalue weighted by Crippen LogP contribution is -2.05. The van der Waals surface area contributed by atoms with Gasteiger partial charge in [-0.25, -0.2) is 9.48 Å². The van der Waals surface area contributed by atoms with Crippen LogP contribution in [0.5, 0.6) is 5.88 Å². The van der Waals surface area contributed by atoms with Crippen molar-refractivity contribution in [2.75, 3.05) is 0 Å². The van der Waals surface area contributed by atoms with Crippen LogP contribution in [0, 0.1) is 6.92 Å². The van der Waals surface area contributed by atoms with Gasteiger partial charge in [-0.3, -0.25) is 0 Å². The maximum Gasteiger partial charge on any atom is 0.343 e. The lowest BCUT2D eigenvalue weighted by Gasteiger charge is -2.07. The molecule has 1 heterocycles. The van der Waals surface area contributed by atoms with Gasteiger partial charge >= 0.3 is 5.97 Å². The van der Waals surface area contributed by atoms with Crippen molar-refractivity contribution < 1.29 is 14.6 Å². The molecule has 0 spiro atoms. The summed E-state index contributed by atoms with van der Waals surface area (Å²) >= 11 is 5.79. The van der Waals surface area contributed by atoms with Crippen molar-refractivity contribution in [3.63, 3.8) is 0 Å². The summed E-state index contributed by atoms with van der Waals surface area (Å²) in [7, 11) is 1.65. The van der Waals surface area contributed by atoms with Gasteiger partial charge in [0.25, 0.3) is 0 Å². The van der Waals surface area contributed by atoms with Gasteiger partial charge in [0.15, 0.2) is 0 Å². The molecular weight excluding hydrogens is 268 g/mol. The lowest BCUT2D eigenvalue weighted by molar-refractivity contribution is 0.0690. The SMILES string of the molecule is Cc1nn(C)c(OCc2ccc(Cl)cc2)c1C(=O)O. The monoisotopic (exact) mass is 280 g/mol. The highest BCUT2D eigenvalue weighted by Crippen LogP contribution is 2.22. The van der Waals surface area contributed by atoms with E-state index in [1.807, 2.05) is 12.1 Å². The molecule has 0 saturated heterocycles. The minimum Gasteiger partial charge on any atom is -0.477 e. The number of carboxylic acid groups (broad SMARTS) is 1. The summed E-state index contributed by atoms with van der Waals surface area (Å²) in [6.45, 7) is 1.90. The van der Waals surface area contributed by atoms with Crippen LogP contribution in [0.15, 0.2) is 24.3 Å². The fraction of sp³-hybridized carbons (Fsp3) is 0.231. The molecule has 1 aromatic carbocycles. The Morgan fingerprint density at radius 2 is 2.05 bits per heavy atom. The van der Waals surface area contributed by atoms with Crippen LogP contribution < -0.4 is 4.74 Å². The number of aromatic carboxylic acids is 1. The third-order valence-corrected chi connectivity index (χ3v) is 2.92. The summed E-state index contributed by atoms with van der Waals surface area (Å²) in [6, 6.07) is 7.16. The van der Waals surface area contributed by atoms with E-state index >= 15 is 0 Å². The van der Waals surface area contributed by atoms with Crippen LogP contribution in [0.25, 0.3) is 0 Å². The Morgan fingerprint density at radius 1 is 1.42 bits per heavy atom. The van der Waals surface area contributed by atoms with Gasteiger partial charge in [-0.15, -0.1) is 0 Å². The largest absolute Gasteiger partial charge is 0.477 e. The molecule has 0 aliphatic heterocycles. The molecule has 0 aliphatic carbocycles. The van der Waals surface area contributed by atoms with Crippen molar-refractivity contribution in [2.45, 2.75) is 13.5 Å². The van der Waals surface area contributed by atoms with Crippen molar-refractivity contribution in [2.24, 2.45) is 7.05 Å². The number of aryl methyl sites for hydroxylation is 2. The molecule has 100 valence electrons. The molecule has 0 saturated carbocycles. The van der Waals surface area contributed by atoms with Crippen molar-refractivity contribution in [3.05, 3.63) is 46.1 Å². The number of rotatable bonds is 4. The molecule has 0 unspecified atom stereocenters. The molecule has 0 aliphatic rings. The third kappa shape index (κ3) is 2.88. The van der Waals surface area contributed by atoms with Gasteiger partial charge < -0.3 is 9.84 Å². The molecule has 0 radical (unpaired) electrons. The number of nitrogens with zero attached hydrogens (tertiary/aromatic N) is 2. The van der Waals surface area contributed by atoms with Crippen LogP contribution >= 0.6 is 11.6 Å². The molecule has 0 amide bonds. The van der Waals surface area contributed by atoms with Crippen LogP contribution in [0.1, 0.15) is 21.6 Å². The Balaban J connectivity index is 2.20. The average Bonchev–Trinajstić information content (AvgIpc) is 2.63. The van der Waals surface area contributed by atoms with Gasteiger partial charge in [-0.05, 0) is 24.6 Å². The number of aromatic nitrogens is 2. The van der Waals surface area contributed by atoms with E-state index in [1.54, 1.807) is 26.1 Å². The first kappa shape index (κ1) is 13.4. The third-order valence-electron chi connectivity index (χ3n) is 2.67. The minimum atomic E-state index is -1.04. The summed E-state index contributed by atoms with van der Waals surface area (Å²) in [4.78, 5) is 11.2. The molecule has 1 aromatic heterocycles. The Hall–Kier alpha value is -2.01. The van der Waals surface area contributed by atoms with Gasteiger partial charge in [0.05, 0.1) is 5.69 Å². The minimum absolute atomic E-state index is 0.0939. The lowest BCUT2D eigenvalue weighted by atomic mass is 10.2. The van der Waals surface area contributed by atoms with Crippen LogP contribution in [-0.2, 0) is 13.7 Å². The summed E-state index contributed by atoms with van der Waals surface area (Å²) in [5.74, 6) is -0.795. The molecule has 6 heteroatoms. The van der Waals surface area contributed by atoms with E-state index in [-0.39, 0.29) is 18.1 Å². The molecule has 0 atom stereocenters. The zero-order valence-electron chi connectivity index (χ0n) is 10.6. The van der Waals surface area contributed by atoms with E-state index in [1.165, 1.54) is 4.68 Å². The summed E-state index contributed by atoms with van der Waals surface area (Å²) < 4.78 is 6.98. The number of ether oxygens (including phenoxy) is 1. The topological polar surface area (TPSA) is 64.4 Å². The maximum atomic E-state index is 11.2. The van der Waals surface area contributed by atoms with E-state index in [4.69, 9.17) is 21.4 Å². The van der Waals surface area contributed by atoms with Crippen LogP contribution in [0.2, 0.25) is 5.02 Å². The van der Waals surface area contributed by atoms with Crippen LogP contribution in [-0.4, -0.2) is 20.9 Å². The van der Waals surface area contributed by atoms with Gasteiger partial charge in [0.1, 0.15) is 12.2 Å². The van der Waals surface area contributed by atoms with E-state index in [9.17, 15) is 4.79 Å². The predicted molar refractivity (Wildman–Crippen MR) is 70.7 cm³/mol. The fourth-order valence-corrected chi connectivity index (χ4v) is 1.91. The zero-order valence-corrected chi connectivity index (χ0v) is 11.3. The number of hydrogen-bond acceptors (Lipinski definition) is 3. The highest BCUT2D eigenvalue weighted by Gasteiger charge is 2.20. The van der Waals surface area contributed by atoms with Crippen LogP contribution in [0.4, 0.5) is 0 Å². The fourth-order valence-electron chi connectivity index (χ4n) is 1.78. The molecule has 2 rings (SSSR count). The Bertz CT molecular complexity index is 605. The quantitative estimate of drug-likeness (QED) is 0.935. The number of halogens is 1. The molecule has 19 heavy (non-hydrogen) atoms. The van der Waals surface area contributed by atoms with E-state index in [0.717, 1.165) is 5.56 Å². The number of hydrogen-bond donors (Lipinski definition) is 1. The smallest absolute Gasteiger partial charge is 0.343 e. The van der Waals surface area contributed by atoms with Crippen molar-refractivity contribution >= 4 is 17.6 Å². The highest BCUT2D eigenvalue weighted by molar-refractivity contribution is 6.30. The van der Waals surface area contributed by atoms with Crippen molar-refractivity contribution in [1.29, 1.82) is 0 Å². The second-order valence-electron chi connectivity index (χ2n) is 4.11. The van der Waals surface area contributed by atoms with Crippen molar-refractivity contribution in [3.8, 4) is 5.88 Å². The molecule has 1 N–H and O–H groups in total. The molecule has 2 aromatic rings. The van der Waals surface area contributed by atoms with Gasteiger partial charge in [-0.1, -0.05) is 23.7 Å². The van der Waals surface area contributed by atoms with Gasteiger partial charge in [0.2, 0.25) is 5.88 Å². The second kappa shape index (κ2) is 5.32. The van der Waals surface area contributed by atoms with E-state index in [0.29, 0.717) is 10.7 Å². The first-order valence-corrected chi connectivity index (χ1v) is 6.01. The normalized spacial score (nSPS) is 10.5. The summed E-state index contributed by atoms with van der Waals surface area (Å²) in [6.07, 6.45) is 0. The highest BCUT2D eigenvalue weighted by atomic mass is 35.5. The standard InChI is InChI=1S/C13H13ClN2O3/c1-8-11(13(17)18)12(16(2)15-8)19-7-9-3-5-10(14)6-4-9/h3-6H,7H2,1-2H3,(H,17,18). The Kier molecular flexibility index (Phi) is 3.76. The van der Waals surface area contributed by atoms with Gasteiger partial charge in [-0.2, -0.15) is 5.10 Å². The molecular formula is C13H13ClN2O3. The van der Waals surface area contributed by atoms with Crippen LogP contribution in [0.3, 0.4) is 0 Å². The van der Waals surface area contributed by atoms with Gasteiger partial charge in [0, 0.05) is 12.1 Å². The summed E-state index contributed by atoms with van der Waals surface area (Å²) in [5, 5.41) is 13.8. The molecule has 0 bridgehead atoms. The number of carbonyl (C=O) groups is 1. The first-order valence-electron chi connectivity index (χ1n) is 5.63. The summed E-state index contributed by atoms with van der Waals surface area (Å²) in [5.41, 5.74) is 1.43. The van der Waals surface area contributed by atoms with E-state index < -0.39 is 5.97 Å². The average molecular weight is 281 g/mol. The molecule has 0 fully saturated rings. The van der Waals surface area contributed by atoms with E-state index in [2.05, 4.69) is 5.10 Å².